The minimum Gasteiger partial charge on any atom is -0.478 e. The zero-order chi connectivity index (χ0) is 10.2. The van der Waals surface area contributed by atoms with Crippen molar-refractivity contribution in [1.82, 2.24) is 0 Å². The molecule has 2 rings (SSSR count). The molecular weight excluding hydrogens is 174 g/mol. The van der Waals surface area contributed by atoms with Crippen LogP contribution in [0.15, 0.2) is 4.99 Å². The van der Waals surface area contributed by atoms with Crippen LogP contribution >= 0.6 is 0 Å². The van der Waals surface area contributed by atoms with Gasteiger partial charge in [0.05, 0.1) is 5.54 Å². The van der Waals surface area contributed by atoms with Gasteiger partial charge in [-0.05, 0) is 33.1 Å². The summed E-state index contributed by atoms with van der Waals surface area (Å²) in [4.78, 5) is 4.70. The highest BCUT2D eigenvalue weighted by atomic mass is 16.5. The Morgan fingerprint density at radius 1 is 1.36 bits per heavy atom. The van der Waals surface area contributed by atoms with E-state index in [2.05, 4.69) is 20.8 Å². The van der Waals surface area contributed by atoms with Crippen molar-refractivity contribution in [2.75, 3.05) is 6.61 Å². The van der Waals surface area contributed by atoms with Crippen LogP contribution in [0.4, 0.5) is 0 Å². The van der Waals surface area contributed by atoms with Crippen LogP contribution in [-0.2, 0) is 4.74 Å². The second-order valence-corrected chi connectivity index (χ2v) is 5.40. The monoisotopic (exact) mass is 195 g/mol. The second-order valence-electron chi connectivity index (χ2n) is 5.40. The number of nitrogens with zero attached hydrogens (tertiary/aromatic N) is 1. The average Bonchev–Trinajstić information content (AvgIpc) is 2.83. The first kappa shape index (κ1) is 10.0. The Labute approximate surface area is 86.8 Å². The predicted molar refractivity (Wildman–Crippen MR) is 58.7 cm³/mol. The van der Waals surface area contributed by atoms with Crippen molar-refractivity contribution < 1.29 is 4.74 Å². The molecule has 1 heterocycles. The lowest BCUT2D eigenvalue weighted by Crippen LogP contribution is -2.17. The van der Waals surface area contributed by atoms with E-state index in [9.17, 15) is 0 Å². The first-order valence-corrected chi connectivity index (χ1v) is 5.81. The quantitative estimate of drug-likeness (QED) is 0.675. The van der Waals surface area contributed by atoms with E-state index in [0.717, 1.165) is 12.5 Å². The molecule has 0 aromatic rings. The standard InChI is InChI=1S/C12H21NO/c1-4-5-6-12(7-8-12)10-13-11(2,3)9-14-10/h4-9H2,1-3H3. The summed E-state index contributed by atoms with van der Waals surface area (Å²) in [5.41, 5.74) is 0.390. The van der Waals surface area contributed by atoms with Gasteiger partial charge in [0.25, 0.3) is 0 Å². The molecular formula is C12H21NO. The summed E-state index contributed by atoms with van der Waals surface area (Å²) in [6, 6.07) is 0. The van der Waals surface area contributed by atoms with Crippen molar-refractivity contribution in [3.8, 4) is 0 Å². The third-order valence-corrected chi connectivity index (χ3v) is 3.28. The van der Waals surface area contributed by atoms with Gasteiger partial charge >= 0.3 is 0 Å². The normalized spacial score (nSPS) is 26.9. The maximum Gasteiger partial charge on any atom is 0.190 e. The third-order valence-electron chi connectivity index (χ3n) is 3.28. The Morgan fingerprint density at radius 3 is 2.50 bits per heavy atom. The largest absolute Gasteiger partial charge is 0.478 e. The van der Waals surface area contributed by atoms with Gasteiger partial charge in [0.15, 0.2) is 5.90 Å². The Morgan fingerprint density at radius 2 is 2.07 bits per heavy atom. The molecule has 0 spiro atoms. The first-order chi connectivity index (χ1) is 6.58. The van der Waals surface area contributed by atoms with Crippen molar-refractivity contribution in [3.05, 3.63) is 0 Å². The molecule has 80 valence electrons. The minimum atomic E-state index is 0.0249. The summed E-state index contributed by atoms with van der Waals surface area (Å²) in [6.07, 6.45) is 6.45. The van der Waals surface area contributed by atoms with Crippen molar-refractivity contribution in [1.29, 1.82) is 0 Å². The van der Waals surface area contributed by atoms with Gasteiger partial charge in [-0.2, -0.15) is 0 Å². The Kier molecular flexibility index (Phi) is 2.32. The SMILES string of the molecule is CCCCC1(C2=NC(C)(C)CO2)CC1. The number of unbranched alkanes of at least 4 members (excludes halogenated alkanes) is 1. The molecule has 0 N–H and O–H groups in total. The lowest BCUT2D eigenvalue weighted by molar-refractivity contribution is 0.259. The zero-order valence-corrected chi connectivity index (χ0v) is 9.60. The van der Waals surface area contributed by atoms with E-state index in [1.54, 1.807) is 0 Å². The van der Waals surface area contributed by atoms with Crippen molar-refractivity contribution in [3.63, 3.8) is 0 Å². The molecule has 1 fully saturated rings. The summed E-state index contributed by atoms with van der Waals surface area (Å²) in [6.45, 7) is 7.32. The Hall–Kier alpha value is -0.530. The number of hydrogen-bond donors (Lipinski definition) is 0. The van der Waals surface area contributed by atoms with E-state index in [0.29, 0.717) is 5.41 Å². The van der Waals surface area contributed by atoms with E-state index >= 15 is 0 Å². The fourth-order valence-corrected chi connectivity index (χ4v) is 2.09. The topological polar surface area (TPSA) is 21.6 Å². The summed E-state index contributed by atoms with van der Waals surface area (Å²) >= 11 is 0. The highest BCUT2D eigenvalue weighted by Gasteiger charge is 2.50. The van der Waals surface area contributed by atoms with E-state index in [4.69, 9.17) is 9.73 Å². The van der Waals surface area contributed by atoms with Gasteiger partial charge in [0.2, 0.25) is 0 Å². The van der Waals surface area contributed by atoms with E-state index in [-0.39, 0.29) is 5.54 Å². The summed E-state index contributed by atoms with van der Waals surface area (Å²) in [5.74, 6) is 1.07. The van der Waals surface area contributed by atoms with Crippen molar-refractivity contribution >= 4 is 5.90 Å². The fraction of sp³-hybridized carbons (Fsp3) is 0.917. The van der Waals surface area contributed by atoms with Crippen molar-refractivity contribution in [2.45, 2.75) is 58.4 Å². The number of ether oxygens (including phenoxy) is 1. The molecule has 2 nitrogen and oxygen atoms in total. The second kappa shape index (κ2) is 3.25. The molecule has 0 unspecified atom stereocenters. The van der Waals surface area contributed by atoms with E-state index in [1.165, 1.54) is 32.1 Å². The smallest absolute Gasteiger partial charge is 0.190 e. The first-order valence-electron chi connectivity index (χ1n) is 5.81. The van der Waals surface area contributed by atoms with Crippen molar-refractivity contribution in [2.24, 2.45) is 10.4 Å². The molecule has 14 heavy (non-hydrogen) atoms. The molecule has 0 aromatic carbocycles. The van der Waals surface area contributed by atoms with Gasteiger partial charge in [0.1, 0.15) is 6.61 Å². The Balaban J connectivity index is 2.02. The van der Waals surface area contributed by atoms with Crippen LogP contribution in [0.2, 0.25) is 0 Å². The summed E-state index contributed by atoms with van der Waals surface area (Å²) in [5, 5.41) is 0. The van der Waals surface area contributed by atoms with Crippen LogP contribution in [0.3, 0.4) is 0 Å². The molecule has 0 saturated heterocycles. The van der Waals surface area contributed by atoms with Gasteiger partial charge in [0, 0.05) is 5.41 Å². The van der Waals surface area contributed by atoms with Gasteiger partial charge in [-0.25, -0.2) is 4.99 Å². The number of rotatable bonds is 4. The zero-order valence-electron chi connectivity index (χ0n) is 9.60. The van der Waals surface area contributed by atoms with E-state index in [1.807, 2.05) is 0 Å². The van der Waals surface area contributed by atoms with Gasteiger partial charge in [-0.1, -0.05) is 19.8 Å². The maximum absolute atomic E-state index is 5.74. The maximum atomic E-state index is 5.74. The fourth-order valence-electron chi connectivity index (χ4n) is 2.09. The molecule has 2 heteroatoms. The van der Waals surface area contributed by atoms with E-state index < -0.39 is 0 Å². The predicted octanol–water partition coefficient (Wildman–Crippen LogP) is 3.16. The highest BCUT2D eigenvalue weighted by Crippen LogP contribution is 2.52. The average molecular weight is 195 g/mol. The van der Waals surface area contributed by atoms with Crippen LogP contribution in [0.25, 0.3) is 0 Å². The molecule has 0 atom stereocenters. The van der Waals surface area contributed by atoms with Crippen LogP contribution in [0.5, 0.6) is 0 Å². The molecule has 1 aliphatic carbocycles. The Bertz CT molecular complexity index is 251. The molecule has 0 aromatic heterocycles. The molecule has 1 saturated carbocycles. The van der Waals surface area contributed by atoms with Crippen LogP contribution < -0.4 is 0 Å². The summed E-state index contributed by atoms with van der Waals surface area (Å²) < 4.78 is 5.74. The third kappa shape index (κ3) is 1.79. The molecule has 1 aliphatic heterocycles. The lowest BCUT2D eigenvalue weighted by Gasteiger charge is -2.13. The highest BCUT2D eigenvalue weighted by molar-refractivity contribution is 5.86. The lowest BCUT2D eigenvalue weighted by atomic mass is 9.99. The van der Waals surface area contributed by atoms with Gasteiger partial charge in [-0.15, -0.1) is 0 Å². The molecule has 0 radical (unpaired) electrons. The molecule has 2 aliphatic rings. The molecule has 0 amide bonds. The van der Waals surface area contributed by atoms with Gasteiger partial charge < -0.3 is 4.74 Å². The number of hydrogen-bond acceptors (Lipinski definition) is 2. The van der Waals surface area contributed by atoms with Crippen LogP contribution in [0, 0.1) is 5.41 Å². The molecule has 0 bridgehead atoms. The van der Waals surface area contributed by atoms with Gasteiger partial charge in [-0.3, -0.25) is 0 Å². The summed E-state index contributed by atoms with van der Waals surface area (Å²) in [7, 11) is 0. The van der Waals surface area contributed by atoms with Crippen LogP contribution in [-0.4, -0.2) is 18.0 Å². The van der Waals surface area contributed by atoms with Crippen LogP contribution in [0.1, 0.15) is 52.9 Å². The minimum absolute atomic E-state index is 0.0249. The number of aliphatic imine (C=N–C) groups is 1.